The number of ether oxygens (including phenoxy) is 1. The topological polar surface area (TPSA) is 38.3 Å². The molecule has 1 rings (SSSR count). The second-order valence-corrected chi connectivity index (χ2v) is 4.34. The summed E-state index contributed by atoms with van der Waals surface area (Å²) < 4.78 is 18.0. The van der Waals surface area contributed by atoms with E-state index in [1.807, 2.05) is 19.9 Å². The van der Waals surface area contributed by atoms with Crippen molar-refractivity contribution in [2.45, 2.75) is 26.8 Å². The van der Waals surface area contributed by atoms with Gasteiger partial charge in [-0.15, -0.1) is 0 Å². The number of carbonyl (C=O) groups excluding carboxylic acids is 1. The normalized spacial score (nSPS) is 14.0. The highest BCUT2D eigenvalue weighted by Crippen LogP contribution is 2.13. The van der Waals surface area contributed by atoms with Crippen molar-refractivity contribution in [2.24, 2.45) is 5.92 Å². The molecular weight excluding hydrogens is 233 g/mol. The summed E-state index contributed by atoms with van der Waals surface area (Å²) in [4.78, 5) is 11.4. The van der Waals surface area contributed by atoms with Gasteiger partial charge in [0.2, 0.25) is 0 Å². The van der Waals surface area contributed by atoms with Crippen LogP contribution in [0.4, 0.5) is 4.39 Å². The molecule has 100 valence electrons. The van der Waals surface area contributed by atoms with Crippen LogP contribution in [0.3, 0.4) is 0 Å². The molecule has 0 aromatic heterocycles. The molecule has 0 bridgehead atoms. The van der Waals surface area contributed by atoms with Crippen LogP contribution in [0, 0.1) is 11.7 Å². The number of benzene rings is 1. The summed E-state index contributed by atoms with van der Waals surface area (Å²) in [6.45, 7) is 6.43. The van der Waals surface area contributed by atoms with Crippen LogP contribution in [0.1, 0.15) is 32.4 Å². The van der Waals surface area contributed by atoms with Crippen molar-refractivity contribution in [2.75, 3.05) is 13.2 Å². The molecule has 0 aliphatic rings. The van der Waals surface area contributed by atoms with E-state index in [2.05, 4.69) is 5.32 Å². The molecule has 0 aliphatic carbocycles. The van der Waals surface area contributed by atoms with Gasteiger partial charge in [-0.25, -0.2) is 4.39 Å². The van der Waals surface area contributed by atoms with Crippen molar-refractivity contribution in [3.8, 4) is 0 Å². The maximum absolute atomic E-state index is 13.1. The lowest BCUT2D eigenvalue weighted by molar-refractivity contribution is -0.147. The van der Waals surface area contributed by atoms with Crippen LogP contribution >= 0.6 is 0 Å². The van der Waals surface area contributed by atoms with Crippen molar-refractivity contribution < 1.29 is 13.9 Å². The smallest absolute Gasteiger partial charge is 0.309 e. The van der Waals surface area contributed by atoms with Gasteiger partial charge in [-0.1, -0.05) is 19.1 Å². The zero-order valence-corrected chi connectivity index (χ0v) is 11.1. The number of esters is 1. The summed E-state index contributed by atoms with van der Waals surface area (Å²) in [7, 11) is 0. The van der Waals surface area contributed by atoms with Crippen LogP contribution in [-0.4, -0.2) is 19.1 Å². The minimum Gasteiger partial charge on any atom is -0.466 e. The average Bonchev–Trinajstić information content (AvgIpc) is 2.35. The minimum absolute atomic E-state index is 0.00224. The maximum atomic E-state index is 13.1. The highest BCUT2D eigenvalue weighted by atomic mass is 19.1. The molecule has 18 heavy (non-hydrogen) atoms. The Hall–Kier alpha value is -1.42. The first-order chi connectivity index (χ1) is 8.54. The van der Waals surface area contributed by atoms with E-state index in [9.17, 15) is 9.18 Å². The lowest BCUT2D eigenvalue weighted by Crippen LogP contribution is -2.29. The molecular formula is C14H20FNO2. The first-order valence-corrected chi connectivity index (χ1v) is 6.20. The number of halogens is 1. The van der Waals surface area contributed by atoms with Crippen molar-refractivity contribution in [1.29, 1.82) is 0 Å². The molecule has 0 heterocycles. The van der Waals surface area contributed by atoms with E-state index in [0.29, 0.717) is 13.2 Å². The van der Waals surface area contributed by atoms with E-state index in [1.165, 1.54) is 12.1 Å². The van der Waals surface area contributed by atoms with Gasteiger partial charge in [0.1, 0.15) is 5.82 Å². The van der Waals surface area contributed by atoms with Gasteiger partial charge >= 0.3 is 5.97 Å². The van der Waals surface area contributed by atoms with Crippen LogP contribution in [0.15, 0.2) is 24.3 Å². The Labute approximate surface area is 107 Å². The Morgan fingerprint density at radius 3 is 2.78 bits per heavy atom. The predicted octanol–water partition coefficient (Wildman–Crippen LogP) is 2.68. The lowest BCUT2D eigenvalue weighted by Gasteiger charge is -2.17. The second kappa shape index (κ2) is 7.11. The van der Waals surface area contributed by atoms with E-state index in [-0.39, 0.29) is 23.7 Å². The van der Waals surface area contributed by atoms with Gasteiger partial charge in [0.25, 0.3) is 0 Å². The molecule has 1 unspecified atom stereocenters. The standard InChI is InChI=1S/C14H20FNO2/c1-4-18-14(17)10(2)9-16-11(3)12-6-5-7-13(15)8-12/h5-8,10-11,16H,4,9H2,1-3H3/t10?,11-/m0/s1. The molecule has 1 N–H and O–H groups in total. The second-order valence-electron chi connectivity index (χ2n) is 4.34. The number of hydrogen-bond donors (Lipinski definition) is 1. The van der Waals surface area contributed by atoms with Crippen LogP contribution in [0.5, 0.6) is 0 Å². The Kier molecular flexibility index (Phi) is 5.78. The molecule has 1 aromatic carbocycles. The largest absolute Gasteiger partial charge is 0.466 e. The molecule has 0 amide bonds. The average molecular weight is 253 g/mol. The van der Waals surface area contributed by atoms with Gasteiger partial charge in [-0.2, -0.15) is 0 Å². The Morgan fingerprint density at radius 1 is 1.44 bits per heavy atom. The van der Waals surface area contributed by atoms with Gasteiger partial charge in [-0.3, -0.25) is 4.79 Å². The summed E-state index contributed by atoms with van der Waals surface area (Å²) in [5, 5.41) is 3.20. The first kappa shape index (κ1) is 14.6. The fourth-order valence-corrected chi connectivity index (χ4v) is 1.62. The fraction of sp³-hybridized carbons (Fsp3) is 0.500. The van der Waals surface area contributed by atoms with Crippen molar-refractivity contribution in [1.82, 2.24) is 5.32 Å². The highest BCUT2D eigenvalue weighted by molar-refractivity contribution is 5.72. The number of carbonyl (C=O) groups is 1. The summed E-state index contributed by atoms with van der Waals surface area (Å²) in [5.41, 5.74) is 0.867. The predicted molar refractivity (Wildman–Crippen MR) is 68.6 cm³/mol. The molecule has 0 spiro atoms. The molecule has 3 nitrogen and oxygen atoms in total. The Balaban J connectivity index is 2.46. The first-order valence-electron chi connectivity index (χ1n) is 6.20. The lowest BCUT2D eigenvalue weighted by atomic mass is 10.1. The molecule has 0 radical (unpaired) electrons. The van der Waals surface area contributed by atoms with Crippen LogP contribution in [-0.2, 0) is 9.53 Å². The fourth-order valence-electron chi connectivity index (χ4n) is 1.62. The maximum Gasteiger partial charge on any atom is 0.309 e. The van der Waals surface area contributed by atoms with E-state index >= 15 is 0 Å². The van der Waals surface area contributed by atoms with Gasteiger partial charge in [0.05, 0.1) is 12.5 Å². The van der Waals surface area contributed by atoms with Crippen LogP contribution < -0.4 is 5.32 Å². The Morgan fingerprint density at radius 2 is 2.17 bits per heavy atom. The zero-order chi connectivity index (χ0) is 13.5. The molecule has 2 atom stereocenters. The van der Waals surface area contributed by atoms with E-state index in [0.717, 1.165) is 5.56 Å². The molecule has 0 fully saturated rings. The number of nitrogens with one attached hydrogen (secondary N) is 1. The van der Waals surface area contributed by atoms with Crippen LogP contribution in [0.25, 0.3) is 0 Å². The van der Waals surface area contributed by atoms with Gasteiger partial charge in [-0.05, 0) is 31.5 Å². The van der Waals surface area contributed by atoms with Gasteiger partial charge in [0, 0.05) is 12.6 Å². The molecule has 0 saturated heterocycles. The SMILES string of the molecule is CCOC(=O)C(C)CN[C@@H](C)c1cccc(F)c1. The van der Waals surface area contributed by atoms with Crippen molar-refractivity contribution in [3.05, 3.63) is 35.6 Å². The third-order valence-corrected chi connectivity index (χ3v) is 2.77. The van der Waals surface area contributed by atoms with Crippen LogP contribution in [0.2, 0.25) is 0 Å². The number of hydrogen-bond acceptors (Lipinski definition) is 3. The van der Waals surface area contributed by atoms with E-state index in [4.69, 9.17) is 4.74 Å². The summed E-state index contributed by atoms with van der Waals surface area (Å²) >= 11 is 0. The van der Waals surface area contributed by atoms with Crippen molar-refractivity contribution in [3.63, 3.8) is 0 Å². The van der Waals surface area contributed by atoms with E-state index in [1.54, 1.807) is 13.0 Å². The van der Waals surface area contributed by atoms with E-state index < -0.39 is 0 Å². The summed E-state index contributed by atoms with van der Waals surface area (Å²) in [5.74, 6) is -0.669. The molecule has 4 heteroatoms. The zero-order valence-electron chi connectivity index (χ0n) is 11.1. The summed E-state index contributed by atoms with van der Waals surface area (Å²) in [6.07, 6.45) is 0. The third-order valence-electron chi connectivity index (χ3n) is 2.77. The number of rotatable bonds is 6. The van der Waals surface area contributed by atoms with Gasteiger partial charge in [0.15, 0.2) is 0 Å². The summed E-state index contributed by atoms with van der Waals surface area (Å²) in [6, 6.07) is 6.44. The van der Waals surface area contributed by atoms with Gasteiger partial charge < -0.3 is 10.1 Å². The quantitative estimate of drug-likeness (QED) is 0.792. The third kappa shape index (κ3) is 4.45. The monoisotopic (exact) mass is 253 g/mol. The molecule has 0 saturated carbocycles. The molecule has 0 aliphatic heterocycles. The Bertz CT molecular complexity index is 395. The van der Waals surface area contributed by atoms with Crippen molar-refractivity contribution >= 4 is 5.97 Å². The minimum atomic E-state index is -0.250. The highest BCUT2D eigenvalue weighted by Gasteiger charge is 2.15. The molecule has 1 aromatic rings.